The average molecular weight is 620 g/mol. The van der Waals surface area contributed by atoms with Crippen LogP contribution in [0.1, 0.15) is 48.9 Å². The molecule has 0 radical (unpaired) electrons. The second-order valence-electron chi connectivity index (χ2n) is 11.6. The summed E-state index contributed by atoms with van der Waals surface area (Å²) in [6.07, 6.45) is -2.98. The molecule has 2 N–H and O–H groups in total. The van der Waals surface area contributed by atoms with Crippen LogP contribution in [0.3, 0.4) is 0 Å². The Morgan fingerprint density at radius 3 is 2.16 bits per heavy atom. The van der Waals surface area contributed by atoms with Crippen molar-refractivity contribution >= 4 is 39.6 Å². The van der Waals surface area contributed by atoms with Crippen LogP contribution < -0.4 is 20.3 Å². The molecule has 0 atom stereocenters. The van der Waals surface area contributed by atoms with Crippen molar-refractivity contribution in [1.29, 1.82) is 0 Å². The summed E-state index contributed by atoms with van der Waals surface area (Å²) in [6.45, 7) is 8.29. The number of aryl methyl sites for hydroxylation is 2. The SMILES string of the molecule is Cc1cc(N2C(=O)NCC2(C)C)cc(C)c1/C=C/S(=O)(=O)N1CCC2(CC1)N=C(c1ccc(OC(F)(F)F)cc1)NC2=O. The van der Waals surface area contributed by atoms with Gasteiger partial charge in [-0.05, 0) is 99.7 Å². The standard InChI is InChI=1S/C29H32F3N5O5S/c1-18-15-21(37-26(39)33-17-27(37,3)4)16-19(2)23(18)9-14-43(40,41)36-12-10-28(11-13-36)25(38)34-24(35-28)20-5-7-22(8-6-20)42-29(30,31)32/h5-9,14-16H,10-13,17H2,1-4H3,(H,33,39)(H,34,35,38)/b14-9+. The molecule has 0 aromatic heterocycles. The lowest BCUT2D eigenvalue weighted by Gasteiger charge is -2.34. The number of nitrogens with zero attached hydrogens (tertiary/aromatic N) is 3. The van der Waals surface area contributed by atoms with Crippen molar-refractivity contribution in [3.8, 4) is 5.75 Å². The topological polar surface area (TPSA) is 120 Å². The van der Waals surface area contributed by atoms with Gasteiger partial charge in [-0.15, -0.1) is 13.2 Å². The van der Waals surface area contributed by atoms with Crippen molar-refractivity contribution < 1.29 is 35.9 Å². The number of urea groups is 1. The molecule has 3 heterocycles. The maximum atomic E-state index is 13.2. The number of anilines is 1. The molecule has 43 heavy (non-hydrogen) atoms. The number of hydrogen-bond donors (Lipinski definition) is 2. The van der Waals surface area contributed by atoms with Gasteiger partial charge in [-0.2, -0.15) is 4.31 Å². The van der Waals surface area contributed by atoms with Crippen molar-refractivity contribution in [3.05, 3.63) is 64.1 Å². The van der Waals surface area contributed by atoms with Crippen LogP contribution in [-0.4, -0.2) is 67.6 Å². The summed E-state index contributed by atoms with van der Waals surface area (Å²) in [5.74, 6) is -0.567. The number of alkyl halides is 3. The van der Waals surface area contributed by atoms with Crippen LogP contribution in [0, 0.1) is 13.8 Å². The van der Waals surface area contributed by atoms with E-state index < -0.39 is 33.2 Å². The van der Waals surface area contributed by atoms with Gasteiger partial charge in [0.1, 0.15) is 17.1 Å². The predicted octanol–water partition coefficient (Wildman–Crippen LogP) is 4.22. The lowest BCUT2D eigenvalue weighted by Crippen LogP contribution is -2.50. The van der Waals surface area contributed by atoms with E-state index in [0.29, 0.717) is 12.1 Å². The maximum absolute atomic E-state index is 13.2. The number of aliphatic imine (C=N–C) groups is 1. The lowest BCUT2D eigenvalue weighted by molar-refractivity contribution is -0.274. The van der Waals surface area contributed by atoms with E-state index in [9.17, 15) is 31.2 Å². The monoisotopic (exact) mass is 619 g/mol. The zero-order chi connectivity index (χ0) is 31.4. The summed E-state index contributed by atoms with van der Waals surface area (Å²) in [4.78, 5) is 31.6. The van der Waals surface area contributed by atoms with Crippen molar-refractivity contribution in [2.24, 2.45) is 4.99 Å². The number of sulfonamides is 1. The fraction of sp³-hybridized carbons (Fsp3) is 0.414. The Morgan fingerprint density at radius 1 is 1.02 bits per heavy atom. The molecular weight excluding hydrogens is 587 g/mol. The number of ether oxygens (including phenoxy) is 1. The number of halogens is 3. The summed E-state index contributed by atoms with van der Waals surface area (Å²) >= 11 is 0. The van der Waals surface area contributed by atoms with Crippen LogP contribution in [0.15, 0.2) is 46.8 Å². The second-order valence-corrected chi connectivity index (χ2v) is 13.4. The lowest BCUT2D eigenvalue weighted by atomic mass is 9.89. The quantitative estimate of drug-likeness (QED) is 0.502. The Bertz CT molecular complexity index is 1600. The smallest absolute Gasteiger partial charge is 0.406 e. The molecule has 10 nitrogen and oxygen atoms in total. The Morgan fingerprint density at radius 2 is 1.63 bits per heavy atom. The number of amides is 3. The Balaban J connectivity index is 1.27. The van der Waals surface area contributed by atoms with Crippen molar-refractivity contribution in [3.63, 3.8) is 0 Å². The second kappa shape index (κ2) is 10.7. The van der Waals surface area contributed by atoms with Gasteiger partial charge in [0.15, 0.2) is 0 Å². The molecule has 0 aliphatic carbocycles. The van der Waals surface area contributed by atoms with Crippen LogP contribution in [0.5, 0.6) is 5.75 Å². The largest absolute Gasteiger partial charge is 0.573 e. The number of benzene rings is 2. The van der Waals surface area contributed by atoms with Gasteiger partial charge in [0.05, 0.1) is 5.54 Å². The molecule has 1 spiro atoms. The molecule has 5 rings (SSSR count). The highest BCUT2D eigenvalue weighted by molar-refractivity contribution is 7.92. The van der Waals surface area contributed by atoms with E-state index in [1.54, 1.807) is 11.0 Å². The predicted molar refractivity (Wildman–Crippen MR) is 155 cm³/mol. The zero-order valence-electron chi connectivity index (χ0n) is 24.1. The van der Waals surface area contributed by atoms with Crippen LogP contribution in [0.2, 0.25) is 0 Å². The first-order valence-corrected chi connectivity index (χ1v) is 15.2. The van der Waals surface area contributed by atoms with Gasteiger partial charge >= 0.3 is 12.4 Å². The summed E-state index contributed by atoms with van der Waals surface area (Å²) in [7, 11) is -3.83. The van der Waals surface area contributed by atoms with Gasteiger partial charge in [0.2, 0.25) is 10.0 Å². The number of carbonyl (C=O) groups excluding carboxylic acids is 2. The normalized spacial score (nSPS) is 20.4. The summed E-state index contributed by atoms with van der Waals surface area (Å²) in [6, 6.07) is 8.53. The third-order valence-corrected chi connectivity index (χ3v) is 9.54. The average Bonchev–Trinajstić information content (AvgIpc) is 3.37. The van der Waals surface area contributed by atoms with E-state index in [-0.39, 0.29) is 43.7 Å². The summed E-state index contributed by atoms with van der Waals surface area (Å²) in [5.41, 5.74) is 1.94. The molecule has 14 heteroatoms. The number of carbonyl (C=O) groups is 2. The number of hydrogen-bond acceptors (Lipinski definition) is 6. The van der Waals surface area contributed by atoms with Gasteiger partial charge in [-0.25, -0.2) is 13.2 Å². The molecular formula is C29H32F3N5O5S. The minimum Gasteiger partial charge on any atom is -0.406 e. The van der Waals surface area contributed by atoms with Gasteiger partial charge in [0, 0.05) is 36.3 Å². The Labute approximate surface area is 247 Å². The first kappa shape index (κ1) is 30.5. The Kier molecular flexibility index (Phi) is 7.58. The van der Waals surface area contributed by atoms with Gasteiger partial charge in [-0.1, -0.05) is 0 Å². The molecule has 2 fully saturated rings. The van der Waals surface area contributed by atoms with E-state index in [1.165, 1.54) is 16.4 Å². The molecule has 2 aromatic carbocycles. The number of piperidine rings is 1. The maximum Gasteiger partial charge on any atom is 0.573 e. The molecule has 3 aliphatic heterocycles. The van der Waals surface area contributed by atoms with Crippen LogP contribution in [0.4, 0.5) is 23.7 Å². The molecule has 2 aromatic rings. The number of nitrogens with one attached hydrogen (secondary N) is 2. The van der Waals surface area contributed by atoms with E-state index >= 15 is 0 Å². The highest BCUT2D eigenvalue weighted by Gasteiger charge is 2.47. The minimum absolute atomic E-state index is 0.0608. The van der Waals surface area contributed by atoms with Gasteiger partial charge in [-0.3, -0.25) is 14.7 Å². The minimum atomic E-state index is -4.82. The first-order chi connectivity index (χ1) is 20.0. The molecule has 3 aliphatic rings. The van der Waals surface area contributed by atoms with E-state index in [1.807, 2.05) is 39.8 Å². The zero-order valence-corrected chi connectivity index (χ0v) is 24.9. The first-order valence-electron chi connectivity index (χ1n) is 13.6. The molecule has 0 bridgehead atoms. The number of amidine groups is 1. The highest BCUT2D eigenvalue weighted by Crippen LogP contribution is 2.34. The van der Waals surface area contributed by atoms with Crippen LogP contribution >= 0.6 is 0 Å². The van der Waals surface area contributed by atoms with Crippen molar-refractivity contribution in [1.82, 2.24) is 14.9 Å². The third kappa shape index (κ3) is 6.11. The Hall–Kier alpha value is -3.91. The fourth-order valence-electron chi connectivity index (χ4n) is 5.69. The van der Waals surface area contributed by atoms with Gasteiger partial charge in [0.25, 0.3) is 5.91 Å². The molecule has 0 unspecified atom stereocenters. The van der Waals surface area contributed by atoms with E-state index in [0.717, 1.165) is 39.9 Å². The molecule has 2 saturated heterocycles. The molecule has 0 saturated carbocycles. The molecule has 3 amide bonds. The fourth-order valence-corrected chi connectivity index (χ4v) is 6.86. The summed E-state index contributed by atoms with van der Waals surface area (Å²) < 4.78 is 69.0. The highest BCUT2D eigenvalue weighted by atomic mass is 32.2. The number of rotatable bonds is 6. The third-order valence-electron chi connectivity index (χ3n) is 7.98. The van der Waals surface area contributed by atoms with Crippen LogP contribution in [-0.2, 0) is 14.8 Å². The van der Waals surface area contributed by atoms with Crippen LogP contribution in [0.25, 0.3) is 6.08 Å². The van der Waals surface area contributed by atoms with Gasteiger partial charge < -0.3 is 15.4 Å². The summed E-state index contributed by atoms with van der Waals surface area (Å²) in [5, 5.41) is 6.68. The van der Waals surface area contributed by atoms with E-state index in [4.69, 9.17) is 0 Å². The van der Waals surface area contributed by atoms with Crippen molar-refractivity contribution in [2.75, 3.05) is 24.5 Å². The van der Waals surface area contributed by atoms with E-state index in [2.05, 4.69) is 20.4 Å². The van der Waals surface area contributed by atoms with Crippen molar-refractivity contribution in [2.45, 2.75) is 58.0 Å². The molecule has 230 valence electrons.